The van der Waals surface area contributed by atoms with Crippen LogP contribution in [0.15, 0.2) is 18.2 Å². The molecule has 26 nitrogen and oxygen atoms in total. The molecule has 3 saturated heterocycles. The highest BCUT2D eigenvalue weighted by Crippen LogP contribution is 2.38. The number of rotatable bonds is 13. The molecule has 548 valence electrons. The third-order valence-electron chi connectivity index (χ3n) is 20.2. The number of nitrogens with zero attached hydrogens (tertiary/aromatic N) is 9. The van der Waals surface area contributed by atoms with Crippen LogP contribution in [0.25, 0.3) is 0 Å². The molecule has 12 amide bonds. The van der Waals surface area contributed by atoms with Crippen LogP contribution in [0.2, 0.25) is 5.02 Å². The Bertz CT molecular complexity index is 3020. The molecule has 2 saturated carbocycles. The third kappa shape index (κ3) is 20.1. The number of carbonyl (C=O) groups is 12. The Hall–Kier alpha value is -7.14. The van der Waals surface area contributed by atoms with Crippen molar-refractivity contribution in [1.29, 1.82) is 0 Å². The highest BCUT2D eigenvalue weighted by Gasteiger charge is 2.51. The topological polar surface area (TPSA) is 289 Å². The minimum Gasteiger partial charge on any atom is -0.379 e. The molecule has 98 heavy (non-hydrogen) atoms. The summed E-state index contributed by atoms with van der Waals surface area (Å²) in [5, 5.41) is 8.02. The molecule has 6 rings (SSSR count). The van der Waals surface area contributed by atoms with Gasteiger partial charge in [-0.15, -0.1) is 0 Å². The van der Waals surface area contributed by atoms with Gasteiger partial charge in [0.15, 0.2) is 0 Å². The first-order chi connectivity index (χ1) is 46.3. The van der Waals surface area contributed by atoms with Crippen molar-refractivity contribution < 1.29 is 80.2 Å². The molecule has 1 spiro atoms. The maximum absolute atomic E-state index is 15.7. The van der Waals surface area contributed by atoms with Gasteiger partial charge < -0.3 is 69.5 Å². The van der Waals surface area contributed by atoms with E-state index in [1.165, 1.54) is 79.9 Å². The number of nitrogens with one attached hydrogen (secondary N) is 3. The maximum Gasteiger partial charge on any atom is 0.417 e. The van der Waals surface area contributed by atoms with Gasteiger partial charge in [-0.2, -0.15) is 13.2 Å². The van der Waals surface area contributed by atoms with Gasteiger partial charge in [-0.1, -0.05) is 90.3 Å². The van der Waals surface area contributed by atoms with Gasteiger partial charge in [0.2, 0.25) is 70.9 Å². The predicted octanol–water partition coefficient (Wildman–Crippen LogP) is 3.48. The summed E-state index contributed by atoms with van der Waals surface area (Å²) in [7, 11) is 9.62. The highest BCUT2D eigenvalue weighted by atomic mass is 35.5. The molecular formula is C68H104ClF3N12O14. The number of hydrogen-bond donors (Lipinski definition) is 3. The Kier molecular flexibility index (Phi) is 29.6. The number of morpholine rings is 1. The predicted molar refractivity (Wildman–Crippen MR) is 356 cm³/mol. The number of carbonyl (C=O) groups excluding carboxylic acids is 12. The molecule has 2 aliphatic carbocycles. The molecule has 5 aliphatic rings. The summed E-state index contributed by atoms with van der Waals surface area (Å²) in [4.78, 5) is 188. The van der Waals surface area contributed by atoms with Gasteiger partial charge in [-0.3, -0.25) is 57.5 Å². The van der Waals surface area contributed by atoms with E-state index in [0.29, 0.717) is 51.4 Å². The minimum absolute atomic E-state index is 0.0163. The Balaban J connectivity index is 1.43. The van der Waals surface area contributed by atoms with Crippen LogP contribution < -0.4 is 16.0 Å². The van der Waals surface area contributed by atoms with Crippen LogP contribution in [-0.2, 0) is 79.6 Å². The number of fused-ring (bicyclic) bond motifs is 1. The molecule has 8 atom stereocenters. The van der Waals surface area contributed by atoms with E-state index >= 15 is 19.2 Å². The number of likely N-dealkylation sites (N-methyl/N-ethyl adjacent to an activating group) is 7. The fraction of sp³-hybridized carbons (Fsp3) is 0.735. The molecule has 1 unspecified atom stereocenters. The average molecular weight is 1410 g/mol. The van der Waals surface area contributed by atoms with E-state index in [4.69, 9.17) is 21.1 Å². The third-order valence-corrected chi connectivity index (χ3v) is 20.5. The van der Waals surface area contributed by atoms with E-state index in [9.17, 15) is 51.5 Å². The number of ether oxygens (including phenoxy) is 2. The lowest BCUT2D eigenvalue weighted by molar-refractivity contribution is -0.158. The van der Waals surface area contributed by atoms with Crippen LogP contribution in [0, 0.1) is 11.8 Å². The van der Waals surface area contributed by atoms with Gasteiger partial charge in [0.25, 0.3) is 0 Å². The lowest BCUT2D eigenvalue weighted by Crippen LogP contribution is -2.65. The molecule has 1 aromatic carbocycles. The lowest BCUT2D eigenvalue weighted by atomic mass is 9.81. The van der Waals surface area contributed by atoms with Gasteiger partial charge in [0.1, 0.15) is 47.8 Å². The van der Waals surface area contributed by atoms with Crippen molar-refractivity contribution in [2.24, 2.45) is 11.8 Å². The Morgan fingerprint density at radius 1 is 0.673 bits per heavy atom. The molecule has 0 radical (unpaired) electrons. The molecule has 1 aromatic rings. The maximum atomic E-state index is 15.7. The first-order valence-electron chi connectivity index (χ1n) is 34.6. The fourth-order valence-corrected chi connectivity index (χ4v) is 14.2. The van der Waals surface area contributed by atoms with Crippen molar-refractivity contribution in [3.05, 3.63) is 34.3 Å². The highest BCUT2D eigenvalue weighted by molar-refractivity contribution is 6.31. The first-order valence-corrected chi connectivity index (χ1v) is 35.0. The number of hydrogen-bond acceptors (Lipinski definition) is 14. The van der Waals surface area contributed by atoms with E-state index < -0.39 is 173 Å². The fourth-order valence-electron chi connectivity index (χ4n) is 13.9. The van der Waals surface area contributed by atoms with Crippen molar-refractivity contribution in [3.63, 3.8) is 0 Å². The summed E-state index contributed by atoms with van der Waals surface area (Å²) in [5.41, 5.74) is -2.39. The van der Waals surface area contributed by atoms with Crippen LogP contribution in [0.5, 0.6) is 0 Å². The van der Waals surface area contributed by atoms with Crippen LogP contribution in [0.4, 0.5) is 13.2 Å². The summed E-state index contributed by atoms with van der Waals surface area (Å²) >= 11 is 6.13. The Morgan fingerprint density at radius 2 is 1.31 bits per heavy atom. The van der Waals surface area contributed by atoms with Crippen molar-refractivity contribution in [2.75, 3.05) is 115 Å². The summed E-state index contributed by atoms with van der Waals surface area (Å²) in [6.45, 7) is 5.87. The van der Waals surface area contributed by atoms with E-state index in [-0.39, 0.29) is 90.2 Å². The monoisotopic (exact) mass is 1400 g/mol. The lowest BCUT2D eigenvalue weighted by Gasteiger charge is -2.43. The summed E-state index contributed by atoms with van der Waals surface area (Å²) in [6.07, 6.45) is 0.882. The second kappa shape index (κ2) is 36.3. The molecule has 0 aromatic heterocycles. The normalized spacial score (nSPS) is 26.1. The number of amides is 12. The summed E-state index contributed by atoms with van der Waals surface area (Å²) < 4.78 is 52.8. The zero-order valence-corrected chi connectivity index (χ0v) is 59.7. The first kappa shape index (κ1) is 79.8. The SMILES string of the molecule is CCCOC[C@H]1C(=O)N(C)CC(=O)N[C@@H](CCc2ccc(C(F)(F)F)c(Cl)c2)C(=O)N2CCCC2C(=O)NC2(CCCC2)C(=O)N(C)[C@@H](C2CCCCC2)C(=O)N(C)[C@H](C(=O)N2CCOCC2)CC(=O)N(C)[C@@H](CCC)C(=O)N[C@@H]([C@@H](C)CC)C(=O)N(C)CC(=O)N(C)CC(=O)N1C. The smallest absolute Gasteiger partial charge is 0.379 e. The van der Waals surface area contributed by atoms with Crippen LogP contribution in [0.3, 0.4) is 0 Å². The molecular weight excluding hydrogens is 1300 g/mol. The number of benzene rings is 1. The average Bonchev–Trinajstić information content (AvgIpc) is 0.873. The quantitative estimate of drug-likeness (QED) is 0.239. The van der Waals surface area contributed by atoms with Gasteiger partial charge in [-0.25, -0.2) is 0 Å². The van der Waals surface area contributed by atoms with Crippen LogP contribution >= 0.6 is 11.6 Å². The van der Waals surface area contributed by atoms with Crippen LogP contribution in [0.1, 0.15) is 148 Å². The van der Waals surface area contributed by atoms with Crippen molar-refractivity contribution >= 4 is 82.5 Å². The number of aryl methyl sites for hydroxylation is 1. The molecule has 0 bridgehead atoms. The molecule has 5 fully saturated rings. The zero-order valence-electron chi connectivity index (χ0n) is 59.0. The van der Waals surface area contributed by atoms with Crippen LogP contribution in [-0.4, -0.2) is 278 Å². The van der Waals surface area contributed by atoms with E-state index in [1.54, 1.807) is 6.92 Å². The molecule has 3 heterocycles. The van der Waals surface area contributed by atoms with Gasteiger partial charge in [0, 0.05) is 75.6 Å². The standard InChI is InChI=1S/C68H104ClF3N12O14/c1-12-21-49-59(89)74-57(43(4)14-3)64(94)78(7)40-55(87)76(5)41-56(88)80(9)52(42-98-34-13-2)62(92)77(6)39-53(85)73-48(28-26-44-25-27-46(47(69)37-44)68(70,71)72)61(91)84-31-20-24-50(84)60(90)75-67(29-18-19-30-67)66(96)82(11)58(45-22-16-15-17-23-45)65(95)81(10)51(38-54(86)79(49)8)63(93)83-32-35-97-36-33-83/h25,27,37,43,45,48-52,57-58H,12-24,26,28-36,38-42H2,1-11H3,(H,73,85)(H,74,89)(H,75,90)/t43-,48-,49-,50?,51-,52-,57-,58-/m0/s1. The van der Waals surface area contributed by atoms with E-state index in [0.717, 1.165) is 51.0 Å². The van der Waals surface area contributed by atoms with Crippen molar-refractivity contribution in [2.45, 2.75) is 197 Å². The van der Waals surface area contributed by atoms with E-state index in [1.807, 2.05) is 20.8 Å². The second-order valence-electron chi connectivity index (χ2n) is 27.2. The second-order valence-corrected chi connectivity index (χ2v) is 27.6. The van der Waals surface area contributed by atoms with Gasteiger partial charge in [-0.05, 0) is 93.7 Å². The molecule has 3 N–H and O–H groups in total. The summed E-state index contributed by atoms with van der Waals surface area (Å²) in [5.74, 6) is -9.24. The summed E-state index contributed by atoms with van der Waals surface area (Å²) in [6, 6.07) is -5.98. The van der Waals surface area contributed by atoms with E-state index in [2.05, 4.69) is 16.0 Å². The minimum atomic E-state index is -4.77. The number of alkyl halides is 3. The molecule has 3 aliphatic heterocycles. The Morgan fingerprint density at radius 3 is 1.92 bits per heavy atom. The Labute approximate surface area is 578 Å². The van der Waals surface area contributed by atoms with Crippen molar-refractivity contribution in [3.8, 4) is 0 Å². The molecule has 30 heteroatoms. The zero-order chi connectivity index (χ0) is 72.5. The largest absolute Gasteiger partial charge is 0.417 e. The van der Waals surface area contributed by atoms with Crippen molar-refractivity contribution in [1.82, 2.24) is 60.0 Å². The number of halogens is 4. The van der Waals surface area contributed by atoms with Gasteiger partial charge >= 0.3 is 6.18 Å². The van der Waals surface area contributed by atoms with Gasteiger partial charge in [0.05, 0.1) is 56.5 Å².